The number of alkyl halides is 3. The van der Waals surface area contributed by atoms with E-state index in [4.69, 9.17) is 4.74 Å². The van der Waals surface area contributed by atoms with Gasteiger partial charge < -0.3 is 9.30 Å². The number of hydrogen-bond acceptors (Lipinski definition) is 2. The van der Waals surface area contributed by atoms with E-state index in [2.05, 4.69) is 0 Å². The predicted octanol–water partition coefficient (Wildman–Crippen LogP) is 3.25. The van der Waals surface area contributed by atoms with Gasteiger partial charge in [-0.3, -0.25) is 4.79 Å². The minimum Gasteiger partial charge on any atom is -0.492 e. The minimum atomic E-state index is -4.47. The van der Waals surface area contributed by atoms with Crippen molar-refractivity contribution in [2.75, 3.05) is 6.61 Å². The lowest BCUT2D eigenvalue weighted by molar-refractivity contribution is -0.138. The second-order valence-electron chi connectivity index (χ2n) is 4.61. The molecule has 112 valence electrons. The molecule has 1 aromatic carbocycles. The van der Waals surface area contributed by atoms with E-state index in [1.807, 2.05) is 25.1 Å². The van der Waals surface area contributed by atoms with Crippen LogP contribution < -0.4 is 10.3 Å². The van der Waals surface area contributed by atoms with Gasteiger partial charge in [-0.15, -0.1) is 0 Å². The number of aryl methyl sites for hydroxylation is 1. The molecule has 6 heteroatoms. The average molecular weight is 297 g/mol. The van der Waals surface area contributed by atoms with Gasteiger partial charge in [0.2, 0.25) is 0 Å². The highest BCUT2D eigenvalue weighted by Crippen LogP contribution is 2.27. The molecule has 0 saturated carbocycles. The third-order valence-corrected chi connectivity index (χ3v) is 2.90. The molecule has 0 saturated heterocycles. The molecule has 1 heterocycles. The number of benzene rings is 1. The largest absolute Gasteiger partial charge is 0.492 e. The molecule has 0 unspecified atom stereocenters. The topological polar surface area (TPSA) is 31.2 Å². The molecule has 2 aromatic rings. The minimum absolute atomic E-state index is 0.0523. The van der Waals surface area contributed by atoms with Crippen LogP contribution in [-0.4, -0.2) is 11.2 Å². The first kappa shape index (κ1) is 15.2. The highest BCUT2D eigenvalue weighted by Gasteiger charge is 2.30. The van der Waals surface area contributed by atoms with Crippen LogP contribution in [0.1, 0.15) is 11.1 Å². The van der Waals surface area contributed by atoms with Crippen molar-refractivity contribution in [2.24, 2.45) is 0 Å². The Balaban J connectivity index is 2.05. The summed E-state index contributed by atoms with van der Waals surface area (Å²) in [7, 11) is 0. The standard InChI is InChI=1S/C15H14F3NO2/c1-11-3-2-4-13(9-11)21-8-7-19-10-12(15(16,17)18)5-6-14(19)20/h2-6,9-10H,7-8H2,1H3. The Kier molecular flexibility index (Phi) is 4.35. The molecule has 0 atom stereocenters. The SMILES string of the molecule is Cc1cccc(OCCn2cc(C(F)(F)F)ccc2=O)c1. The molecule has 0 N–H and O–H groups in total. The number of aromatic nitrogens is 1. The second-order valence-corrected chi connectivity index (χ2v) is 4.61. The van der Waals surface area contributed by atoms with E-state index in [9.17, 15) is 18.0 Å². The van der Waals surface area contributed by atoms with Crippen molar-refractivity contribution in [3.63, 3.8) is 0 Å². The molecule has 0 fully saturated rings. The summed E-state index contributed by atoms with van der Waals surface area (Å²) in [6, 6.07) is 8.98. The van der Waals surface area contributed by atoms with Gasteiger partial charge in [0.25, 0.3) is 5.56 Å². The van der Waals surface area contributed by atoms with Crippen LogP contribution in [0, 0.1) is 6.92 Å². The van der Waals surface area contributed by atoms with Crippen LogP contribution in [0.15, 0.2) is 47.4 Å². The zero-order valence-electron chi connectivity index (χ0n) is 11.4. The van der Waals surface area contributed by atoms with Gasteiger partial charge in [-0.1, -0.05) is 12.1 Å². The summed E-state index contributed by atoms with van der Waals surface area (Å²) >= 11 is 0. The van der Waals surface area contributed by atoms with Crippen LogP contribution in [-0.2, 0) is 12.7 Å². The summed E-state index contributed by atoms with van der Waals surface area (Å²) in [5.74, 6) is 0.620. The van der Waals surface area contributed by atoms with Crippen LogP contribution in [0.3, 0.4) is 0 Å². The van der Waals surface area contributed by atoms with Crippen molar-refractivity contribution in [1.82, 2.24) is 4.57 Å². The fraction of sp³-hybridized carbons (Fsp3) is 0.267. The van der Waals surface area contributed by atoms with Crippen LogP contribution in [0.4, 0.5) is 13.2 Å². The Hall–Kier alpha value is -2.24. The highest BCUT2D eigenvalue weighted by molar-refractivity contribution is 5.27. The number of pyridine rings is 1. The molecule has 0 radical (unpaired) electrons. The number of hydrogen-bond donors (Lipinski definition) is 0. The summed E-state index contributed by atoms with van der Waals surface area (Å²) in [5, 5.41) is 0. The molecule has 0 aliphatic heterocycles. The van der Waals surface area contributed by atoms with Crippen molar-refractivity contribution < 1.29 is 17.9 Å². The number of nitrogens with zero attached hydrogens (tertiary/aromatic N) is 1. The van der Waals surface area contributed by atoms with E-state index in [-0.39, 0.29) is 13.2 Å². The normalized spacial score (nSPS) is 11.4. The van der Waals surface area contributed by atoms with Crippen molar-refractivity contribution in [1.29, 1.82) is 0 Å². The molecule has 0 spiro atoms. The second kappa shape index (κ2) is 6.03. The van der Waals surface area contributed by atoms with Gasteiger partial charge in [-0.2, -0.15) is 13.2 Å². The molecular formula is C15H14F3NO2. The molecule has 0 aliphatic rings. The highest BCUT2D eigenvalue weighted by atomic mass is 19.4. The third kappa shape index (κ3) is 4.11. The fourth-order valence-electron chi connectivity index (χ4n) is 1.84. The Labute approximate surface area is 119 Å². The first-order valence-electron chi connectivity index (χ1n) is 6.33. The van der Waals surface area contributed by atoms with E-state index < -0.39 is 17.3 Å². The lowest BCUT2D eigenvalue weighted by Crippen LogP contribution is -2.24. The maximum absolute atomic E-state index is 12.6. The van der Waals surface area contributed by atoms with Crippen LogP contribution in [0.25, 0.3) is 0 Å². The molecule has 3 nitrogen and oxygen atoms in total. The van der Waals surface area contributed by atoms with Gasteiger partial charge >= 0.3 is 6.18 Å². The Morgan fingerprint density at radius 1 is 1.19 bits per heavy atom. The van der Waals surface area contributed by atoms with Gasteiger partial charge in [0, 0.05) is 12.3 Å². The van der Waals surface area contributed by atoms with Crippen molar-refractivity contribution in [3.8, 4) is 5.75 Å². The van der Waals surface area contributed by atoms with E-state index in [1.165, 1.54) is 0 Å². The van der Waals surface area contributed by atoms with Crippen LogP contribution in [0.5, 0.6) is 5.75 Å². The van der Waals surface area contributed by atoms with E-state index in [1.54, 1.807) is 6.07 Å². The number of ether oxygens (including phenoxy) is 1. The fourth-order valence-corrected chi connectivity index (χ4v) is 1.84. The van der Waals surface area contributed by atoms with Gasteiger partial charge in [-0.25, -0.2) is 0 Å². The van der Waals surface area contributed by atoms with E-state index in [0.29, 0.717) is 5.75 Å². The zero-order valence-corrected chi connectivity index (χ0v) is 11.4. The Morgan fingerprint density at radius 2 is 1.95 bits per heavy atom. The van der Waals surface area contributed by atoms with Crippen molar-refractivity contribution >= 4 is 0 Å². The molecular weight excluding hydrogens is 283 g/mol. The summed E-state index contributed by atoms with van der Waals surface area (Å²) in [6.45, 7) is 2.07. The summed E-state index contributed by atoms with van der Waals surface area (Å²) < 4.78 is 44.2. The Morgan fingerprint density at radius 3 is 2.62 bits per heavy atom. The van der Waals surface area contributed by atoms with E-state index >= 15 is 0 Å². The molecule has 0 amide bonds. The van der Waals surface area contributed by atoms with Gasteiger partial charge in [0.1, 0.15) is 12.4 Å². The van der Waals surface area contributed by atoms with E-state index in [0.717, 1.165) is 28.5 Å². The lowest BCUT2D eigenvalue weighted by atomic mass is 10.2. The first-order chi connectivity index (χ1) is 9.86. The predicted molar refractivity (Wildman–Crippen MR) is 72.4 cm³/mol. The summed E-state index contributed by atoms with van der Waals surface area (Å²) in [6.07, 6.45) is -3.66. The maximum Gasteiger partial charge on any atom is 0.417 e. The van der Waals surface area contributed by atoms with Crippen LogP contribution >= 0.6 is 0 Å². The van der Waals surface area contributed by atoms with Gasteiger partial charge in [0.05, 0.1) is 12.1 Å². The maximum atomic E-state index is 12.6. The van der Waals surface area contributed by atoms with Gasteiger partial charge in [-0.05, 0) is 30.7 Å². The molecule has 2 rings (SSSR count). The number of rotatable bonds is 4. The smallest absolute Gasteiger partial charge is 0.417 e. The van der Waals surface area contributed by atoms with Crippen molar-refractivity contribution in [2.45, 2.75) is 19.6 Å². The average Bonchev–Trinajstić information content (AvgIpc) is 2.39. The lowest BCUT2D eigenvalue weighted by Gasteiger charge is -2.11. The zero-order chi connectivity index (χ0) is 15.5. The summed E-state index contributed by atoms with van der Waals surface area (Å²) in [4.78, 5) is 11.5. The summed E-state index contributed by atoms with van der Waals surface area (Å²) in [5.41, 5.74) is -0.322. The quantitative estimate of drug-likeness (QED) is 0.867. The third-order valence-electron chi connectivity index (χ3n) is 2.90. The van der Waals surface area contributed by atoms with Crippen molar-refractivity contribution in [3.05, 3.63) is 64.1 Å². The van der Waals surface area contributed by atoms with Crippen LogP contribution in [0.2, 0.25) is 0 Å². The Bertz CT molecular complexity index is 677. The first-order valence-corrected chi connectivity index (χ1v) is 6.33. The molecule has 21 heavy (non-hydrogen) atoms. The molecule has 0 bridgehead atoms. The molecule has 0 aliphatic carbocycles. The monoisotopic (exact) mass is 297 g/mol. The molecule has 1 aromatic heterocycles. The van der Waals surface area contributed by atoms with Gasteiger partial charge in [0.15, 0.2) is 0 Å². The number of halogens is 3.